The van der Waals surface area contributed by atoms with Crippen molar-refractivity contribution in [1.29, 1.82) is 0 Å². The number of hydrogen-bond donors (Lipinski definition) is 1. The molecule has 1 N–H and O–H groups in total. The lowest BCUT2D eigenvalue weighted by Gasteiger charge is -2.35. The first-order chi connectivity index (χ1) is 19.1. The Morgan fingerprint density at radius 1 is 1.07 bits per heavy atom. The van der Waals surface area contributed by atoms with Gasteiger partial charge in [0, 0.05) is 50.0 Å². The summed E-state index contributed by atoms with van der Waals surface area (Å²) in [5.74, 6) is -0.640. The molecular formula is C29H25ClF4N4O2. The summed E-state index contributed by atoms with van der Waals surface area (Å²) in [6.45, 7) is 4.97. The maximum atomic E-state index is 16.4. The van der Waals surface area contributed by atoms with Crippen molar-refractivity contribution in [2.24, 2.45) is 0 Å². The third-order valence-electron chi connectivity index (χ3n) is 6.95. The molecule has 0 radical (unpaired) electrons. The molecule has 0 spiro atoms. The average molecular weight is 573 g/mol. The van der Waals surface area contributed by atoms with Crippen LogP contribution in [0.15, 0.2) is 55.1 Å². The minimum absolute atomic E-state index is 0.0218. The molecule has 1 aliphatic rings. The number of nitrogens with zero attached hydrogens (tertiary/aromatic N) is 4. The second kappa shape index (κ2) is 10.9. The minimum atomic E-state index is -4.34. The Morgan fingerprint density at radius 3 is 2.50 bits per heavy atom. The number of anilines is 1. The molecule has 1 aliphatic heterocycles. The van der Waals surface area contributed by atoms with Gasteiger partial charge in [-0.25, -0.2) is 14.4 Å². The molecule has 1 aromatic heterocycles. The SMILES string of the molecule is C=CC(=O)N1CCN(c2nc(CCCC(F)(F)F)nc3c(F)c(-c4cc(O)cc5ccccc45)c(Cl)cc23)CC1. The number of halogens is 5. The standard InChI is InChI=1S/C29H25ClF4N4O2/c1-2-24(40)37-10-12-38(13-11-37)28-21-16-22(30)25(20-15-18(39)14-17-6-3-4-7-19(17)20)26(31)27(21)35-23(36-28)8-5-9-29(32,33)34/h2-4,6-7,14-16,39H,1,5,8-13H2. The number of rotatable bonds is 6. The zero-order valence-electron chi connectivity index (χ0n) is 21.3. The van der Waals surface area contributed by atoms with E-state index in [1.807, 2.05) is 4.90 Å². The van der Waals surface area contributed by atoms with Crippen molar-refractivity contribution in [1.82, 2.24) is 14.9 Å². The first-order valence-electron chi connectivity index (χ1n) is 12.7. The van der Waals surface area contributed by atoms with Crippen LogP contribution in [0.4, 0.5) is 23.4 Å². The lowest BCUT2D eigenvalue weighted by atomic mass is 9.96. The summed E-state index contributed by atoms with van der Waals surface area (Å²) in [5.41, 5.74) is 0.298. The molecule has 0 unspecified atom stereocenters. The number of phenols is 1. The van der Waals surface area contributed by atoms with Crippen molar-refractivity contribution in [3.8, 4) is 16.9 Å². The van der Waals surface area contributed by atoms with Gasteiger partial charge in [-0.2, -0.15) is 13.2 Å². The lowest BCUT2D eigenvalue weighted by molar-refractivity contribution is -0.135. The Bertz CT molecular complexity index is 1620. The summed E-state index contributed by atoms with van der Waals surface area (Å²) in [7, 11) is 0. The molecule has 0 bridgehead atoms. The monoisotopic (exact) mass is 572 g/mol. The van der Waals surface area contributed by atoms with Crippen LogP contribution in [0.2, 0.25) is 5.02 Å². The van der Waals surface area contributed by atoms with E-state index < -0.39 is 18.4 Å². The molecule has 2 heterocycles. The highest BCUT2D eigenvalue weighted by Gasteiger charge is 2.28. The quantitative estimate of drug-likeness (QED) is 0.206. The Morgan fingerprint density at radius 2 is 1.80 bits per heavy atom. The van der Waals surface area contributed by atoms with E-state index >= 15 is 4.39 Å². The summed E-state index contributed by atoms with van der Waals surface area (Å²) in [5, 5.41) is 12.0. The highest BCUT2D eigenvalue weighted by molar-refractivity contribution is 6.35. The highest BCUT2D eigenvalue weighted by atomic mass is 35.5. The molecule has 1 saturated heterocycles. The van der Waals surface area contributed by atoms with E-state index in [0.29, 0.717) is 53.7 Å². The van der Waals surface area contributed by atoms with Gasteiger partial charge in [-0.15, -0.1) is 0 Å². The highest BCUT2D eigenvalue weighted by Crippen LogP contribution is 2.42. The van der Waals surface area contributed by atoms with Gasteiger partial charge in [-0.3, -0.25) is 4.79 Å². The van der Waals surface area contributed by atoms with E-state index in [4.69, 9.17) is 11.6 Å². The van der Waals surface area contributed by atoms with Gasteiger partial charge in [0.15, 0.2) is 5.82 Å². The van der Waals surface area contributed by atoms with Crippen molar-refractivity contribution >= 4 is 45.0 Å². The number of piperazine rings is 1. The molecule has 4 aromatic rings. The van der Waals surface area contributed by atoms with Gasteiger partial charge in [0.25, 0.3) is 0 Å². The van der Waals surface area contributed by atoms with E-state index in [1.165, 1.54) is 12.1 Å². The van der Waals surface area contributed by atoms with E-state index in [0.717, 1.165) is 0 Å². The van der Waals surface area contributed by atoms with Gasteiger partial charge < -0.3 is 14.9 Å². The molecule has 1 amide bonds. The van der Waals surface area contributed by atoms with Crippen LogP contribution in [0, 0.1) is 5.82 Å². The first kappa shape index (κ1) is 27.6. The number of alkyl halides is 3. The second-order valence-electron chi connectivity index (χ2n) is 9.61. The fraction of sp³-hybridized carbons (Fsp3) is 0.276. The third kappa shape index (κ3) is 5.54. The zero-order chi connectivity index (χ0) is 28.6. The number of aromatic nitrogens is 2. The van der Waals surface area contributed by atoms with Crippen molar-refractivity contribution in [2.75, 3.05) is 31.1 Å². The van der Waals surface area contributed by atoms with Crippen LogP contribution in [0.25, 0.3) is 32.8 Å². The Balaban J connectivity index is 1.65. The normalized spacial score (nSPS) is 14.2. The smallest absolute Gasteiger partial charge is 0.389 e. The second-order valence-corrected chi connectivity index (χ2v) is 10.0. The topological polar surface area (TPSA) is 69.6 Å². The number of benzene rings is 3. The van der Waals surface area contributed by atoms with E-state index in [1.54, 1.807) is 41.3 Å². The number of fused-ring (bicyclic) bond motifs is 2. The van der Waals surface area contributed by atoms with Crippen LogP contribution < -0.4 is 4.90 Å². The van der Waals surface area contributed by atoms with Crippen LogP contribution in [0.5, 0.6) is 5.75 Å². The molecule has 0 saturated carbocycles. The van der Waals surface area contributed by atoms with Crippen molar-refractivity contribution < 1.29 is 27.5 Å². The van der Waals surface area contributed by atoms with Gasteiger partial charge in [0.1, 0.15) is 22.9 Å². The summed E-state index contributed by atoms with van der Waals surface area (Å²) >= 11 is 6.68. The van der Waals surface area contributed by atoms with Crippen LogP contribution in [0.1, 0.15) is 18.7 Å². The summed E-state index contributed by atoms with van der Waals surface area (Å²) in [6, 6.07) is 11.7. The number of aromatic hydroxyl groups is 1. The molecule has 0 atom stereocenters. The van der Waals surface area contributed by atoms with Crippen molar-refractivity contribution in [3.63, 3.8) is 0 Å². The van der Waals surface area contributed by atoms with Gasteiger partial charge >= 0.3 is 6.18 Å². The summed E-state index contributed by atoms with van der Waals surface area (Å²) < 4.78 is 54.9. The third-order valence-corrected chi connectivity index (χ3v) is 7.25. The van der Waals surface area contributed by atoms with Crippen LogP contribution in [0.3, 0.4) is 0 Å². The van der Waals surface area contributed by atoms with Crippen LogP contribution >= 0.6 is 11.6 Å². The molecule has 3 aromatic carbocycles. The molecule has 5 rings (SSSR count). The Hall–Kier alpha value is -3.92. The lowest BCUT2D eigenvalue weighted by Crippen LogP contribution is -2.48. The first-order valence-corrected chi connectivity index (χ1v) is 13.1. The number of hydrogen-bond acceptors (Lipinski definition) is 5. The number of aryl methyl sites for hydroxylation is 1. The largest absolute Gasteiger partial charge is 0.508 e. The predicted molar refractivity (Wildman–Crippen MR) is 147 cm³/mol. The predicted octanol–water partition coefficient (Wildman–Crippen LogP) is 6.67. The summed E-state index contributed by atoms with van der Waals surface area (Å²) in [4.78, 5) is 24.4. The molecule has 1 fully saturated rings. The summed E-state index contributed by atoms with van der Waals surface area (Å²) in [6.07, 6.45) is -4.49. The molecular weight excluding hydrogens is 548 g/mol. The van der Waals surface area contributed by atoms with Crippen molar-refractivity contribution in [2.45, 2.75) is 25.4 Å². The van der Waals surface area contributed by atoms with Crippen molar-refractivity contribution in [3.05, 3.63) is 71.8 Å². The van der Waals surface area contributed by atoms with Crippen LogP contribution in [-0.2, 0) is 11.2 Å². The van der Waals surface area contributed by atoms with Gasteiger partial charge in [0.2, 0.25) is 5.91 Å². The molecule has 11 heteroatoms. The Labute approximate surface area is 232 Å². The van der Waals surface area contributed by atoms with E-state index in [2.05, 4.69) is 16.5 Å². The Kier molecular flexibility index (Phi) is 7.55. The molecule has 0 aliphatic carbocycles. The molecule has 40 heavy (non-hydrogen) atoms. The van der Waals surface area contributed by atoms with E-state index in [9.17, 15) is 23.1 Å². The number of carbonyl (C=O) groups excluding carboxylic acids is 1. The fourth-order valence-corrected chi connectivity index (χ4v) is 5.33. The van der Waals surface area contributed by atoms with Gasteiger partial charge in [-0.05, 0) is 47.0 Å². The van der Waals surface area contributed by atoms with Gasteiger partial charge in [0.05, 0.1) is 5.02 Å². The zero-order valence-corrected chi connectivity index (χ0v) is 22.1. The minimum Gasteiger partial charge on any atom is -0.508 e. The van der Waals surface area contributed by atoms with E-state index in [-0.39, 0.29) is 46.4 Å². The number of amides is 1. The average Bonchev–Trinajstić information content (AvgIpc) is 2.92. The molecule has 208 valence electrons. The maximum Gasteiger partial charge on any atom is 0.389 e. The van der Waals surface area contributed by atoms with Gasteiger partial charge in [-0.1, -0.05) is 42.4 Å². The van der Waals surface area contributed by atoms with Crippen LogP contribution in [-0.4, -0.2) is 58.2 Å². The fourth-order valence-electron chi connectivity index (χ4n) is 5.04. The number of phenolic OH excluding ortho intramolecular Hbond substituents is 1. The number of carbonyl (C=O) groups is 1. The molecule has 6 nitrogen and oxygen atoms in total. The maximum absolute atomic E-state index is 16.4.